The zero-order valence-electron chi connectivity index (χ0n) is 14.9. The van der Waals surface area contributed by atoms with Gasteiger partial charge in [-0.1, -0.05) is 42.8 Å². The normalized spacial score (nSPS) is 15.1. The second-order valence-corrected chi connectivity index (χ2v) is 9.21. The summed E-state index contributed by atoms with van der Waals surface area (Å²) in [5.41, 5.74) is 0.376. The summed E-state index contributed by atoms with van der Waals surface area (Å²) in [5.74, 6) is -3.19. The summed E-state index contributed by atoms with van der Waals surface area (Å²) in [4.78, 5) is 12.8. The number of nitrogens with one attached hydrogen (secondary N) is 2. The van der Waals surface area contributed by atoms with Gasteiger partial charge in [0.05, 0.1) is 10.6 Å². The molecule has 0 aliphatic heterocycles. The maximum atomic E-state index is 12.7. The van der Waals surface area contributed by atoms with Gasteiger partial charge < -0.3 is 5.32 Å². The highest BCUT2D eigenvalue weighted by Crippen LogP contribution is 2.32. The summed E-state index contributed by atoms with van der Waals surface area (Å²) in [6.07, 6.45) is 3.59. The van der Waals surface area contributed by atoms with Gasteiger partial charge in [-0.05, 0) is 43.2 Å². The van der Waals surface area contributed by atoms with Gasteiger partial charge in [-0.15, -0.1) is 0 Å². The average molecular weight is 427 g/mol. The molecule has 5 nitrogen and oxygen atoms in total. The van der Waals surface area contributed by atoms with Crippen LogP contribution < -0.4 is 10.0 Å². The van der Waals surface area contributed by atoms with Crippen molar-refractivity contribution in [1.82, 2.24) is 4.72 Å². The molecule has 9 heteroatoms. The van der Waals surface area contributed by atoms with Gasteiger partial charge in [0, 0.05) is 16.5 Å². The van der Waals surface area contributed by atoms with Crippen LogP contribution in [-0.2, 0) is 10.0 Å². The van der Waals surface area contributed by atoms with E-state index in [-0.39, 0.29) is 27.1 Å². The van der Waals surface area contributed by atoms with Crippen LogP contribution in [0.3, 0.4) is 0 Å². The van der Waals surface area contributed by atoms with Gasteiger partial charge in [0.25, 0.3) is 11.7 Å². The Morgan fingerprint density at radius 2 is 1.79 bits per heavy atom. The van der Waals surface area contributed by atoms with E-state index in [9.17, 15) is 22.0 Å². The van der Waals surface area contributed by atoms with Gasteiger partial charge in [-0.3, -0.25) is 4.79 Å². The number of rotatable bonds is 7. The molecule has 28 heavy (non-hydrogen) atoms. The van der Waals surface area contributed by atoms with Crippen LogP contribution in [0.25, 0.3) is 0 Å². The van der Waals surface area contributed by atoms with Gasteiger partial charge in [0.2, 0.25) is 10.0 Å². The number of hydrogen-bond donors (Lipinski definition) is 2. The van der Waals surface area contributed by atoms with Crippen LogP contribution in [0.5, 0.6) is 0 Å². The molecule has 0 heterocycles. The Bertz CT molecular complexity index is 946. The molecule has 2 aromatic carbocycles. The molecule has 1 saturated carbocycles. The van der Waals surface area contributed by atoms with Crippen molar-refractivity contribution < 1.29 is 22.0 Å². The number of anilines is 1. The van der Waals surface area contributed by atoms with Crippen molar-refractivity contribution in [3.63, 3.8) is 0 Å². The lowest BCUT2D eigenvalue weighted by atomic mass is 10.2. The van der Waals surface area contributed by atoms with Crippen LogP contribution in [0.1, 0.15) is 36.0 Å². The molecular formula is C19H20F2N2O3S2. The topological polar surface area (TPSA) is 75.3 Å². The van der Waals surface area contributed by atoms with Crippen LogP contribution in [0, 0.1) is 0 Å². The fourth-order valence-electron chi connectivity index (χ4n) is 3.10. The van der Waals surface area contributed by atoms with Crippen molar-refractivity contribution in [1.29, 1.82) is 0 Å². The molecule has 1 aliphatic carbocycles. The number of thioether (sulfide) groups is 1. The minimum atomic E-state index is -3.73. The Hall–Kier alpha value is -1.97. The standard InChI is InChI=1S/C19H20F2N2O3S2/c20-19(21)27-17-11-4-3-10-16(17)22-18(24)13-6-5-9-15(12-13)28(25,26)23-14-7-1-2-8-14/h3-6,9-12,14,19,23H,1-2,7-8H2,(H,22,24). The number of para-hydroxylation sites is 1. The largest absolute Gasteiger partial charge is 0.321 e. The van der Waals surface area contributed by atoms with E-state index in [1.807, 2.05) is 0 Å². The average Bonchev–Trinajstić information content (AvgIpc) is 3.15. The molecule has 0 spiro atoms. The Labute approximate surface area is 167 Å². The van der Waals surface area contributed by atoms with Gasteiger partial charge in [-0.25, -0.2) is 13.1 Å². The molecule has 0 atom stereocenters. The Morgan fingerprint density at radius 1 is 1.07 bits per heavy atom. The van der Waals surface area contributed by atoms with Crippen molar-refractivity contribution in [3.05, 3.63) is 54.1 Å². The first kappa shape index (κ1) is 20.8. The molecule has 1 aliphatic rings. The Kier molecular flexibility index (Phi) is 6.69. The van der Waals surface area contributed by atoms with Crippen molar-refractivity contribution >= 4 is 33.4 Å². The lowest BCUT2D eigenvalue weighted by Crippen LogP contribution is -2.32. The SMILES string of the molecule is O=C(Nc1ccccc1SC(F)F)c1cccc(S(=O)(=O)NC2CCCC2)c1. The lowest BCUT2D eigenvalue weighted by molar-refractivity contribution is 0.102. The number of benzene rings is 2. The fraction of sp³-hybridized carbons (Fsp3) is 0.316. The number of sulfonamides is 1. The zero-order valence-corrected chi connectivity index (χ0v) is 16.5. The van der Waals surface area contributed by atoms with E-state index in [4.69, 9.17) is 0 Å². The number of amides is 1. The Balaban J connectivity index is 1.77. The van der Waals surface area contributed by atoms with Crippen molar-refractivity contribution in [3.8, 4) is 0 Å². The third-order valence-electron chi connectivity index (χ3n) is 4.43. The third-order valence-corrected chi connectivity index (χ3v) is 6.74. The van der Waals surface area contributed by atoms with Crippen LogP contribution in [0.2, 0.25) is 0 Å². The predicted octanol–water partition coefficient (Wildman–Crippen LogP) is 4.47. The first-order valence-corrected chi connectivity index (χ1v) is 11.2. The Morgan fingerprint density at radius 3 is 2.50 bits per heavy atom. The van der Waals surface area contributed by atoms with Gasteiger partial charge in [-0.2, -0.15) is 8.78 Å². The molecule has 0 aromatic heterocycles. The van der Waals surface area contributed by atoms with E-state index >= 15 is 0 Å². The molecule has 1 amide bonds. The lowest BCUT2D eigenvalue weighted by Gasteiger charge is -2.14. The summed E-state index contributed by atoms with van der Waals surface area (Å²) in [6.45, 7) is 0. The molecular weight excluding hydrogens is 406 g/mol. The fourth-order valence-corrected chi connectivity index (χ4v) is 5.04. The quantitative estimate of drug-likeness (QED) is 0.641. The molecule has 150 valence electrons. The summed E-state index contributed by atoms with van der Waals surface area (Å²) < 4.78 is 53.2. The van der Waals surface area contributed by atoms with E-state index in [0.717, 1.165) is 25.7 Å². The van der Waals surface area contributed by atoms with Crippen LogP contribution in [0.4, 0.5) is 14.5 Å². The van der Waals surface area contributed by atoms with Crippen LogP contribution in [-0.4, -0.2) is 26.1 Å². The number of alkyl halides is 2. The van der Waals surface area contributed by atoms with Gasteiger partial charge >= 0.3 is 0 Å². The highest BCUT2D eigenvalue weighted by Gasteiger charge is 2.23. The summed E-state index contributed by atoms with van der Waals surface area (Å²) in [5, 5.41) is 2.58. The van der Waals surface area contributed by atoms with E-state index < -0.39 is 21.7 Å². The zero-order chi connectivity index (χ0) is 20.1. The minimum absolute atomic E-state index is 0.00212. The highest BCUT2D eigenvalue weighted by molar-refractivity contribution is 7.99. The highest BCUT2D eigenvalue weighted by atomic mass is 32.2. The van der Waals surface area contributed by atoms with Crippen molar-refractivity contribution in [2.75, 3.05) is 5.32 Å². The smallest absolute Gasteiger partial charge is 0.288 e. The molecule has 0 unspecified atom stereocenters. The predicted molar refractivity (Wildman–Crippen MR) is 105 cm³/mol. The number of carbonyl (C=O) groups excluding carboxylic acids is 1. The maximum Gasteiger partial charge on any atom is 0.288 e. The molecule has 0 radical (unpaired) electrons. The minimum Gasteiger partial charge on any atom is -0.321 e. The van der Waals surface area contributed by atoms with Gasteiger partial charge in [0.1, 0.15) is 0 Å². The van der Waals surface area contributed by atoms with Crippen molar-refractivity contribution in [2.24, 2.45) is 0 Å². The first-order chi connectivity index (χ1) is 13.3. The third kappa shape index (κ3) is 5.30. The summed E-state index contributed by atoms with van der Waals surface area (Å²) in [7, 11) is -3.73. The molecule has 0 bridgehead atoms. The first-order valence-electron chi connectivity index (χ1n) is 8.83. The molecule has 1 fully saturated rings. The second kappa shape index (κ2) is 9.02. The summed E-state index contributed by atoms with van der Waals surface area (Å²) in [6, 6.07) is 11.8. The number of carbonyl (C=O) groups is 1. The molecule has 2 aromatic rings. The second-order valence-electron chi connectivity index (χ2n) is 6.46. The van der Waals surface area contributed by atoms with E-state index in [2.05, 4.69) is 10.0 Å². The summed E-state index contributed by atoms with van der Waals surface area (Å²) >= 11 is 0.333. The monoisotopic (exact) mass is 426 g/mol. The molecule has 2 N–H and O–H groups in total. The van der Waals surface area contributed by atoms with Crippen LogP contribution >= 0.6 is 11.8 Å². The number of halogens is 2. The van der Waals surface area contributed by atoms with Gasteiger partial charge in [0.15, 0.2) is 0 Å². The molecule has 0 saturated heterocycles. The van der Waals surface area contributed by atoms with E-state index in [1.54, 1.807) is 12.1 Å². The van der Waals surface area contributed by atoms with Crippen LogP contribution in [0.15, 0.2) is 58.3 Å². The number of hydrogen-bond acceptors (Lipinski definition) is 4. The van der Waals surface area contributed by atoms with E-state index in [1.165, 1.54) is 36.4 Å². The van der Waals surface area contributed by atoms with E-state index in [0.29, 0.717) is 11.8 Å². The molecule has 3 rings (SSSR count). The maximum absolute atomic E-state index is 12.7. The van der Waals surface area contributed by atoms with Crippen molar-refractivity contribution in [2.45, 2.75) is 47.3 Å².